The molecule has 1 atom stereocenters. The highest BCUT2D eigenvalue weighted by Crippen LogP contribution is 2.33. The molecule has 1 rings (SSSR count). The molecular formula is C11H24O3Si. The molecule has 0 bridgehead atoms. The summed E-state index contributed by atoms with van der Waals surface area (Å²) in [6.45, 7) is 3.09. The fourth-order valence-corrected chi connectivity index (χ4v) is 4.56. The number of rotatable bonds is 6. The van der Waals surface area contributed by atoms with E-state index in [2.05, 4.69) is 6.92 Å². The topological polar surface area (TPSA) is 27.7 Å². The minimum atomic E-state index is -1.66. The zero-order chi connectivity index (χ0) is 11.1. The molecule has 1 saturated heterocycles. The van der Waals surface area contributed by atoms with Crippen LogP contribution in [0, 0.1) is 0 Å². The quantitative estimate of drug-likeness (QED) is 0.657. The Morgan fingerprint density at radius 2 is 2.00 bits per heavy atom. The Bertz CT molecular complexity index is 165. The molecule has 0 aromatic carbocycles. The fourth-order valence-electron chi connectivity index (χ4n) is 2.38. The van der Waals surface area contributed by atoms with Crippen LogP contribution in [0.15, 0.2) is 0 Å². The zero-order valence-electron chi connectivity index (χ0n) is 10.3. The fraction of sp³-hybridized carbons (Fsp3) is 1.00. The largest absolute Gasteiger partial charge is 0.398 e. The average Bonchev–Trinajstić information content (AvgIpc) is 2.29. The SMILES string of the molecule is CCCCC1([SiH](OC)OC)CCCCO1. The second-order valence-corrected chi connectivity index (χ2v) is 6.94. The lowest BCUT2D eigenvalue weighted by Gasteiger charge is -2.40. The Morgan fingerprint density at radius 1 is 1.27 bits per heavy atom. The van der Waals surface area contributed by atoms with Crippen molar-refractivity contribution in [2.75, 3.05) is 20.8 Å². The summed E-state index contributed by atoms with van der Waals surface area (Å²) in [7, 11) is 1.85. The van der Waals surface area contributed by atoms with E-state index in [1.165, 1.54) is 25.7 Å². The van der Waals surface area contributed by atoms with Gasteiger partial charge in [0.2, 0.25) is 0 Å². The van der Waals surface area contributed by atoms with Crippen LogP contribution in [0.25, 0.3) is 0 Å². The molecule has 15 heavy (non-hydrogen) atoms. The molecule has 4 heteroatoms. The first-order valence-corrected chi connectivity index (χ1v) is 7.50. The number of unbranched alkanes of at least 4 members (excludes halogenated alkanes) is 1. The van der Waals surface area contributed by atoms with Gasteiger partial charge in [0.15, 0.2) is 0 Å². The monoisotopic (exact) mass is 232 g/mol. The molecule has 0 radical (unpaired) electrons. The summed E-state index contributed by atoms with van der Waals surface area (Å²) in [6.07, 6.45) is 7.06. The molecule has 1 fully saturated rings. The van der Waals surface area contributed by atoms with E-state index in [4.69, 9.17) is 13.6 Å². The van der Waals surface area contributed by atoms with Gasteiger partial charge in [0.25, 0.3) is 0 Å². The predicted molar refractivity (Wildman–Crippen MR) is 63.2 cm³/mol. The Labute approximate surface area is 94.9 Å². The van der Waals surface area contributed by atoms with Gasteiger partial charge in [0, 0.05) is 20.8 Å². The lowest BCUT2D eigenvalue weighted by atomic mass is 10.0. The van der Waals surface area contributed by atoms with Gasteiger partial charge in [-0.1, -0.05) is 19.8 Å². The summed E-state index contributed by atoms with van der Waals surface area (Å²) in [5.41, 5.74) is 0. The van der Waals surface area contributed by atoms with Crippen molar-refractivity contribution in [3.63, 3.8) is 0 Å². The maximum Gasteiger partial charge on any atom is 0.354 e. The Balaban J connectivity index is 2.64. The third-order valence-corrected chi connectivity index (χ3v) is 5.65. The number of hydrogen-bond donors (Lipinski definition) is 0. The molecule has 1 unspecified atom stereocenters. The van der Waals surface area contributed by atoms with E-state index in [1.807, 2.05) is 0 Å². The highest BCUT2D eigenvalue weighted by atomic mass is 28.3. The summed E-state index contributed by atoms with van der Waals surface area (Å²) < 4.78 is 17.1. The second-order valence-electron chi connectivity index (χ2n) is 4.28. The highest BCUT2D eigenvalue weighted by Gasteiger charge is 2.43. The molecule has 0 aromatic heterocycles. The molecule has 0 aliphatic carbocycles. The summed E-state index contributed by atoms with van der Waals surface area (Å²) in [6, 6.07) is 0. The summed E-state index contributed by atoms with van der Waals surface area (Å²) in [5, 5.41) is -0.0578. The van der Waals surface area contributed by atoms with Crippen molar-refractivity contribution in [3.8, 4) is 0 Å². The first kappa shape index (κ1) is 13.2. The molecule has 0 N–H and O–H groups in total. The number of ether oxygens (including phenoxy) is 1. The maximum absolute atomic E-state index is 6.02. The average molecular weight is 232 g/mol. The van der Waals surface area contributed by atoms with Crippen molar-refractivity contribution in [2.45, 2.75) is 50.7 Å². The minimum absolute atomic E-state index is 0.0578. The van der Waals surface area contributed by atoms with E-state index in [1.54, 1.807) is 14.2 Å². The van der Waals surface area contributed by atoms with Gasteiger partial charge >= 0.3 is 9.28 Å². The van der Waals surface area contributed by atoms with Crippen LogP contribution in [-0.2, 0) is 13.6 Å². The normalized spacial score (nSPS) is 27.2. The summed E-state index contributed by atoms with van der Waals surface area (Å²) in [5.74, 6) is 0. The van der Waals surface area contributed by atoms with Crippen molar-refractivity contribution in [2.24, 2.45) is 0 Å². The van der Waals surface area contributed by atoms with Crippen LogP contribution in [0.1, 0.15) is 45.4 Å². The van der Waals surface area contributed by atoms with E-state index < -0.39 is 9.28 Å². The molecule has 0 amide bonds. The van der Waals surface area contributed by atoms with E-state index in [0.717, 1.165) is 19.4 Å². The molecule has 90 valence electrons. The maximum atomic E-state index is 6.02. The van der Waals surface area contributed by atoms with Gasteiger partial charge in [0.05, 0.1) is 0 Å². The van der Waals surface area contributed by atoms with Gasteiger partial charge in [-0.25, -0.2) is 0 Å². The van der Waals surface area contributed by atoms with Crippen LogP contribution in [0.4, 0.5) is 0 Å². The molecule has 0 aromatic rings. The van der Waals surface area contributed by atoms with Crippen LogP contribution in [-0.4, -0.2) is 35.3 Å². The van der Waals surface area contributed by atoms with E-state index in [-0.39, 0.29) is 5.22 Å². The van der Waals surface area contributed by atoms with Gasteiger partial charge in [-0.05, 0) is 25.7 Å². The molecule has 1 aliphatic rings. The van der Waals surface area contributed by atoms with Gasteiger partial charge < -0.3 is 13.6 Å². The van der Waals surface area contributed by atoms with Gasteiger partial charge in [-0.3, -0.25) is 0 Å². The van der Waals surface area contributed by atoms with Crippen LogP contribution in [0.5, 0.6) is 0 Å². The van der Waals surface area contributed by atoms with Crippen LogP contribution < -0.4 is 0 Å². The second kappa shape index (κ2) is 6.63. The van der Waals surface area contributed by atoms with Gasteiger partial charge in [0.1, 0.15) is 5.22 Å². The minimum Gasteiger partial charge on any atom is -0.398 e. The summed E-state index contributed by atoms with van der Waals surface area (Å²) in [4.78, 5) is 0. The standard InChI is InChI=1S/C11H24O3Si/c1-4-5-8-11(15(12-2)13-3)9-6-7-10-14-11/h15H,4-10H2,1-3H3. The molecule has 1 heterocycles. The van der Waals surface area contributed by atoms with E-state index in [9.17, 15) is 0 Å². The third kappa shape index (κ3) is 3.28. The summed E-state index contributed by atoms with van der Waals surface area (Å²) >= 11 is 0. The first-order valence-electron chi connectivity index (χ1n) is 5.98. The highest BCUT2D eigenvalue weighted by molar-refractivity contribution is 6.48. The zero-order valence-corrected chi connectivity index (χ0v) is 11.4. The smallest absolute Gasteiger partial charge is 0.354 e. The van der Waals surface area contributed by atoms with Crippen LogP contribution >= 0.6 is 0 Å². The third-order valence-electron chi connectivity index (χ3n) is 3.20. The first-order chi connectivity index (χ1) is 7.29. The van der Waals surface area contributed by atoms with E-state index in [0.29, 0.717) is 0 Å². The van der Waals surface area contributed by atoms with Gasteiger partial charge in [-0.15, -0.1) is 0 Å². The van der Waals surface area contributed by atoms with Crippen molar-refractivity contribution in [1.29, 1.82) is 0 Å². The molecular weight excluding hydrogens is 208 g/mol. The number of hydrogen-bond acceptors (Lipinski definition) is 3. The molecule has 0 saturated carbocycles. The van der Waals surface area contributed by atoms with Crippen molar-refractivity contribution in [3.05, 3.63) is 0 Å². The molecule has 3 nitrogen and oxygen atoms in total. The van der Waals surface area contributed by atoms with E-state index >= 15 is 0 Å². The lowest BCUT2D eigenvalue weighted by molar-refractivity contribution is -0.0527. The lowest BCUT2D eigenvalue weighted by Crippen LogP contribution is -2.53. The predicted octanol–water partition coefficient (Wildman–Crippen LogP) is 2.17. The van der Waals surface area contributed by atoms with Crippen LogP contribution in [0.2, 0.25) is 0 Å². The van der Waals surface area contributed by atoms with Gasteiger partial charge in [-0.2, -0.15) is 0 Å². The Morgan fingerprint density at radius 3 is 2.47 bits per heavy atom. The molecule has 0 spiro atoms. The Kier molecular flexibility index (Phi) is 5.82. The van der Waals surface area contributed by atoms with Crippen molar-refractivity contribution in [1.82, 2.24) is 0 Å². The van der Waals surface area contributed by atoms with Crippen molar-refractivity contribution < 1.29 is 13.6 Å². The van der Waals surface area contributed by atoms with Crippen molar-refractivity contribution >= 4 is 9.28 Å². The molecule has 1 aliphatic heterocycles. The van der Waals surface area contributed by atoms with Crippen LogP contribution in [0.3, 0.4) is 0 Å². The Hall–Kier alpha value is 0.0969.